The maximum atomic E-state index is 12.2. The van der Waals surface area contributed by atoms with Crippen molar-refractivity contribution in [3.05, 3.63) is 23.0 Å². The Kier molecular flexibility index (Phi) is 5.55. The van der Waals surface area contributed by atoms with Crippen molar-refractivity contribution in [3.8, 4) is 6.07 Å². The molecule has 1 aliphatic heterocycles. The molecule has 0 aliphatic carbocycles. The van der Waals surface area contributed by atoms with Gasteiger partial charge in [-0.05, 0) is 52.2 Å². The number of carbonyl (C=O) groups is 1. The molecule has 1 N–H and O–H groups in total. The van der Waals surface area contributed by atoms with E-state index in [2.05, 4.69) is 11.4 Å². The summed E-state index contributed by atoms with van der Waals surface area (Å²) in [5, 5.41) is 12.6. The average Bonchev–Trinajstić information content (AvgIpc) is 2.79. The Morgan fingerprint density at radius 3 is 2.79 bits per heavy atom. The van der Waals surface area contributed by atoms with Crippen molar-refractivity contribution < 1.29 is 9.53 Å². The molecule has 1 aromatic rings. The Balaban J connectivity index is 1.92. The highest BCUT2D eigenvalue weighted by Crippen LogP contribution is 2.17. The topological polar surface area (TPSA) is 70.3 Å². The van der Waals surface area contributed by atoms with Gasteiger partial charge in [0.25, 0.3) is 0 Å². The molecule has 132 valence electrons. The van der Waals surface area contributed by atoms with Crippen LogP contribution in [-0.2, 0) is 18.3 Å². The van der Waals surface area contributed by atoms with E-state index in [0.717, 1.165) is 30.6 Å². The zero-order valence-electron chi connectivity index (χ0n) is 15.3. The quantitative estimate of drug-likeness (QED) is 0.924. The van der Waals surface area contributed by atoms with Crippen LogP contribution in [0.2, 0.25) is 0 Å². The summed E-state index contributed by atoms with van der Waals surface area (Å²) in [7, 11) is 1.90. The predicted molar refractivity (Wildman–Crippen MR) is 92.5 cm³/mol. The van der Waals surface area contributed by atoms with Crippen LogP contribution in [0, 0.1) is 18.3 Å². The number of nitrogens with zero attached hydrogens (tertiary/aromatic N) is 3. The lowest BCUT2D eigenvalue weighted by atomic mass is 10.1. The largest absolute Gasteiger partial charge is 0.444 e. The predicted octanol–water partition coefficient (Wildman–Crippen LogP) is 2.69. The van der Waals surface area contributed by atoms with Crippen molar-refractivity contribution in [1.29, 1.82) is 5.26 Å². The first-order valence-corrected chi connectivity index (χ1v) is 8.48. The lowest BCUT2D eigenvalue weighted by molar-refractivity contribution is 0.0187. The number of nitrogens with one attached hydrogen (secondary N) is 1. The van der Waals surface area contributed by atoms with Gasteiger partial charge >= 0.3 is 6.09 Å². The first kappa shape index (κ1) is 18.3. The van der Waals surface area contributed by atoms with Gasteiger partial charge < -0.3 is 19.5 Å². The molecule has 0 spiro atoms. The minimum Gasteiger partial charge on any atom is -0.444 e. The number of ether oxygens (including phenoxy) is 1. The molecule has 1 fully saturated rings. The number of hydrogen-bond acceptors (Lipinski definition) is 4. The number of aromatic nitrogens is 1. The Hall–Kier alpha value is -2.00. The summed E-state index contributed by atoms with van der Waals surface area (Å²) in [6.45, 7) is 9.78. The Morgan fingerprint density at radius 1 is 1.50 bits per heavy atom. The minimum atomic E-state index is -0.466. The fourth-order valence-electron chi connectivity index (χ4n) is 2.94. The molecule has 1 saturated heterocycles. The Labute approximate surface area is 144 Å². The summed E-state index contributed by atoms with van der Waals surface area (Å²) in [5.74, 6) is 0. The van der Waals surface area contributed by atoms with E-state index in [1.165, 1.54) is 0 Å². The smallest absolute Gasteiger partial charge is 0.410 e. The van der Waals surface area contributed by atoms with Crippen molar-refractivity contribution in [1.82, 2.24) is 14.8 Å². The maximum Gasteiger partial charge on any atom is 0.410 e. The molecule has 0 radical (unpaired) electrons. The van der Waals surface area contributed by atoms with Crippen LogP contribution in [0.4, 0.5) is 4.79 Å². The molecule has 6 heteroatoms. The standard InChI is InChI=1S/C18H28N4O2/c1-13-14(9-16(10-19)21(13)5)11-20-15-7-6-8-22(12-15)17(23)24-18(2,3)4/h9,15,20H,6-8,11-12H2,1-5H3/t15-/m0/s1. The molecule has 1 amide bonds. The van der Waals surface area contributed by atoms with E-state index >= 15 is 0 Å². The molecular weight excluding hydrogens is 304 g/mol. The van der Waals surface area contributed by atoms with Crippen molar-refractivity contribution in [3.63, 3.8) is 0 Å². The second-order valence-corrected chi connectivity index (χ2v) is 7.46. The molecule has 1 aromatic heterocycles. The molecule has 2 heterocycles. The van der Waals surface area contributed by atoms with Gasteiger partial charge in [-0.25, -0.2) is 4.79 Å². The van der Waals surface area contributed by atoms with Gasteiger partial charge in [0.2, 0.25) is 0 Å². The molecule has 0 unspecified atom stereocenters. The first-order chi connectivity index (χ1) is 11.2. The number of nitriles is 1. The van der Waals surface area contributed by atoms with Crippen LogP contribution < -0.4 is 5.32 Å². The number of piperidine rings is 1. The van der Waals surface area contributed by atoms with Crippen LogP contribution in [-0.4, -0.2) is 40.3 Å². The summed E-state index contributed by atoms with van der Waals surface area (Å²) in [6, 6.07) is 4.38. The molecule has 6 nitrogen and oxygen atoms in total. The van der Waals surface area contributed by atoms with E-state index in [1.807, 2.05) is 45.4 Å². The molecule has 0 saturated carbocycles. The highest BCUT2D eigenvalue weighted by Gasteiger charge is 2.27. The number of likely N-dealkylation sites (tertiary alicyclic amines) is 1. The van der Waals surface area contributed by atoms with Crippen LogP contribution in [0.15, 0.2) is 6.07 Å². The third-order valence-electron chi connectivity index (χ3n) is 4.41. The normalized spacial score (nSPS) is 18.3. The zero-order valence-corrected chi connectivity index (χ0v) is 15.3. The van der Waals surface area contributed by atoms with Crippen LogP contribution in [0.3, 0.4) is 0 Å². The fraction of sp³-hybridized carbons (Fsp3) is 0.667. The molecule has 0 bridgehead atoms. The summed E-state index contributed by atoms with van der Waals surface area (Å²) < 4.78 is 7.37. The van der Waals surface area contributed by atoms with Gasteiger partial charge in [-0.2, -0.15) is 5.26 Å². The minimum absolute atomic E-state index is 0.239. The molecular formula is C18H28N4O2. The monoisotopic (exact) mass is 332 g/mol. The number of hydrogen-bond donors (Lipinski definition) is 1. The van der Waals surface area contributed by atoms with E-state index in [1.54, 1.807) is 4.90 Å². The highest BCUT2D eigenvalue weighted by molar-refractivity contribution is 5.68. The van der Waals surface area contributed by atoms with Crippen LogP contribution in [0.1, 0.15) is 50.6 Å². The SMILES string of the molecule is Cc1c(CN[C@H]2CCCN(C(=O)OC(C)(C)C)C2)cc(C#N)n1C. The molecule has 1 aliphatic rings. The summed E-state index contributed by atoms with van der Waals surface area (Å²) in [4.78, 5) is 14.0. The summed E-state index contributed by atoms with van der Waals surface area (Å²) >= 11 is 0. The lowest BCUT2D eigenvalue weighted by Gasteiger charge is -2.34. The van der Waals surface area contributed by atoms with Crippen molar-refractivity contribution in [2.45, 2.75) is 58.7 Å². The number of amides is 1. The lowest BCUT2D eigenvalue weighted by Crippen LogP contribution is -2.49. The first-order valence-electron chi connectivity index (χ1n) is 8.48. The van der Waals surface area contributed by atoms with Gasteiger partial charge in [-0.15, -0.1) is 0 Å². The highest BCUT2D eigenvalue weighted by atomic mass is 16.6. The Morgan fingerprint density at radius 2 is 2.21 bits per heavy atom. The fourth-order valence-corrected chi connectivity index (χ4v) is 2.94. The van der Waals surface area contributed by atoms with Crippen molar-refractivity contribution in [2.75, 3.05) is 13.1 Å². The van der Waals surface area contributed by atoms with E-state index < -0.39 is 5.60 Å². The van der Waals surface area contributed by atoms with Crippen molar-refractivity contribution >= 4 is 6.09 Å². The number of carbonyl (C=O) groups excluding carboxylic acids is 1. The van der Waals surface area contributed by atoms with E-state index in [4.69, 9.17) is 10.00 Å². The molecule has 24 heavy (non-hydrogen) atoms. The van der Waals surface area contributed by atoms with Crippen LogP contribution >= 0.6 is 0 Å². The third kappa shape index (κ3) is 4.51. The van der Waals surface area contributed by atoms with Crippen molar-refractivity contribution in [2.24, 2.45) is 7.05 Å². The van der Waals surface area contributed by atoms with Crippen LogP contribution in [0.5, 0.6) is 0 Å². The average molecular weight is 332 g/mol. The molecule has 0 aromatic carbocycles. The van der Waals surface area contributed by atoms with Gasteiger partial charge in [0.05, 0.1) is 0 Å². The molecule has 2 rings (SSSR count). The third-order valence-corrected chi connectivity index (χ3v) is 4.41. The van der Waals surface area contributed by atoms with Gasteiger partial charge in [-0.1, -0.05) is 0 Å². The summed E-state index contributed by atoms with van der Waals surface area (Å²) in [5.41, 5.74) is 2.43. The maximum absolute atomic E-state index is 12.2. The van der Waals surface area contributed by atoms with E-state index in [9.17, 15) is 4.79 Å². The number of rotatable bonds is 3. The van der Waals surface area contributed by atoms with Gasteiger partial charge in [0.1, 0.15) is 17.4 Å². The second-order valence-electron chi connectivity index (χ2n) is 7.46. The summed E-state index contributed by atoms with van der Waals surface area (Å²) in [6.07, 6.45) is 1.77. The molecule has 1 atom stereocenters. The Bertz CT molecular complexity index is 637. The zero-order chi connectivity index (χ0) is 17.9. The van der Waals surface area contributed by atoms with Gasteiger partial charge in [0, 0.05) is 38.4 Å². The second kappa shape index (κ2) is 7.27. The van der Waals surface area contributed by atoms with E-state index in [-0.39, 0.29) is 12.1 Å². The van der Waals surface area contributed by atoms with Gasteiger partial charge in [-0.3, -0.25) is 0 Å². The van der Waals surface area contributed by atoms with Gasteiger partial charge in [0.15, 0.2) is 0 Å². The van der Waals surface area contributed by atoms with Crippen LogP contribution in [0.25, 0.3) is 0 Å². The van der Waals surface area contributed by atoms with E-state index in [0.29, 0.717) is 18.8 Å².